The van der Waals surface area contributed by atoms with Gasteiger partial charge in [-0.25, -0.2) is 0 Å². The minimum Gasteiger partial charge on any atom is -0.491 e. The minimum atomic E-state index is -0.165. The lowest BCUT2D eigenvalue weighted by atomic mass is 9.93. The first-order chi connectivity index (χ1) is 17.5. The number of carbonyl (C=O) groups excluding carboxylic acids is 1. The molecular weight excluding hydrogens is 454 g/mol. The zero-order valence-electron chi connectivity index (χ0n) is 20.8. The Bertz CT molecular complexity index is 1180. The number of benzene rings is 2. The second-order valence-electron chi connectivity index (χ2n) is 9.96. The first-order valence-corrected chi connectivity index (χ1v) is 13.0. The zero-order valence-corrected chi connectivity index (χ0v) is 20.8. The van der Waals surface area contributed by atoms with Gasteiger partial charge in [-0.15, -0.1) is 0 Å². The number of hydrogen-bond acceptors (Lipinski definition) is 6. The van der Waals surface area contributed by atoms with Crippen molar-refractivity contribution >= 4 is 22.5 Å². The summed E-state index contributed by atoms with van der Waals surface area (Å²) in [5, 5.41) is 17.4. The molecule has 1 atom stereocenters. The number of nitrogens with one attached hydrogen (secondary N) is 2. The Hall–Kier alpha value is -3.00. The van der Waals surface area contributed by atoms with Crippen LogP contribution in [0, 0.1) is 6.92 Å². The lowest BCUT2D eigenvalue weighted by Gasteiger charge is -2.26. The average molecular weight is 490 g/mol. The molecule has 0 radical (unpaired) electrons. The van der Waals surface area contributed by atoms with Crippen LogP contribution in [0.15, 0.2) is 48.7 Å². The summed E-state index contributed by atoms with van der Waals surface area (Å²) in [5.41, 5.74) is 4.29. The van der Waals surface area contributed by atoms with Gasteiger partial charge in [0.15, 0.2) is 0 Å². The molecule has 36 heavy (non-hydrogen) atoms. The number of ether oxygens (including phenoxy) is 2. The van der Waals surface area contributed by atoms with Crippen LogP contribution in [0.4, 0.5) is 5.69 Å². The fourth-order valence-electron chi connectivity index (χ4n) is 5.03. The molecule has 2 heterocycles. The van der Waals surface area contributed by atoms with Crippen LogP contribution >= 0.6 is 0 Å². The van der Waals surface area contributed by atoms with Crippen molar-refractivity contribution in [2.75, 3.05) is 18.5 Å². The van der Waals surface area contributed by atoms with Crippen molar-refractivity contribution in [1.29, 1.82) is 0 Å². The molecule has 2 aliphatic rings. The van der Waals surface area contributed by atoms with Gasteiger partial charge < -0.3 is 25.2 Å². The topological polar surface area (TPSA) is 92.7 Å². The number of rotatable bonds is 8. The summed E-state index contributed by atoms with van der Waals surface area (Å²) in [6.07, 6.45) is 7.80. The molecule has 3 N–H and O–H groups in total. The maximum atomic E-state index is 12.9. The average Bonchev–Trinajstić information content (AvgIpc) is 3.43. The van der Waals surface area contributed by atoms with Crippen LogP contribution in [0.2, 0.25) is 0 Å². The Balaban J connectivity index is 1.19. The van der Waals surface area contributed by atoms with Gasteiger partial charge in [0.05, 0.1) is 17.7 Å². The van der Waals surface area contributed by atoms with Crippen LogP contribution in [-0.2, 0) is 11.3 Å². The fraction of sp³-hybridized carbons (Fsp3) is 0.448. The van der Waals surface area contributed by atoms with Crippen molar-refractivity contribution in [2.24, 2.45) is 0 Å². The quantitative estimate of drug-likeness (QED) is 0.423. The van der Waals surface area contributed by atoms with Crippen molar-refractivity contribution in [1.82, 2.24) is 10.3 Å². The lowest BCUT2D eigenvalue weighted by molar-refractivity contribution is 0.0679. The summed E-state index contributed by atoms with van der Waals surface area (Å²) in [4.78, 5) is 17.6. The van der Waals surface area contributed by atoms with E-state index >= 15 is 0 Å². The zero-order chi connectivity index (χ0) is 24.9. The third kappa shape index (κ3) is 6.03. The van der Waals surface area contributed by atoms with E-state index in [0.29, 0.717) is 18.2 Å². The van der Waals surface area contributed by atoms with Gasteiger partial charge in [-0.05, 0) is 93.0 Å². The summed E-state index contributed by atoms with van der Waals surface area (Å²) < 4.78 is 11.4. The van der Waals surface area contributed by atoms with E-state index in [9.17, 15) is 9.90 Å². The minimum absolute atomic E-state index is 0.141. The van der Waals surface area contributed by atoms with Gasteiger partial charge >= 0.3 is 0 Å². The van der Waals surface area contributed by atoms with E-state index in [1.54, 1.807) is 12.1 Å². The van der Waals surface area contributed by atoms with Crippen LogP contribution < -0.4 is 15.4 Å². The van der Waals surface area contributed by atoms with Crippen LogP contribution in [0.5, 0.6) is 5.75 Å². The molecule has 2 aromatic carbocycles. The van der Waals surface area contributed by atoms with Crippen molar-refractivity contribution in [3.8, 4) is 5.75 Å². The Labute approximate surface area is 212 Å². The largest absolute Gasteiger partial charge is 0.491 e. The molecule has 1 aromatic heterocycles. The van der Waals surface area contributed by atoms with Gasteiger partial charge in [0.25, 0.3) is 5.91 Å². The van der Waals surface area contributed by atoms with Crippen molar-refractivity contribution in [3.05, 3.63) is 65.4 Å². The van der Waals surface area contributed by atoms with E-state index in [4.69, 9.17) is 14.5 Å². The molecule has 1 aliphatic carbocycles. The molecule has 0 spiro atoms. The highest BCUT2D eigenvalue weighted by atomic mass is 16.5. The SMILES string of the molecule is Cc1c(NC(=O)c2ccc(OC[C@@H]3CCCO3)cc2)ccc2cc(CNC3CCC(O)CC3)cnc12. The number of carbonyl (C=O) groups is 1. The monoisotopic (exact) mass is 489 g/mol. The molecule has 1 saturated heterocycles. The number of aliphatic hydroxyl groups excluding tert-OH is 1. The van der Waals surface area contributed by atoms with Crippen LogP contribution in [0.3, 0.4) is 0 Å². The van der Waals surface area contributed by atoms with E-state index < -0.39 is 0 Å². The lowest BCUT2D eigenvalue weighted by Crippen LogP contribution is -2.34. The van der Waals surface area contributed by atoms with Gasteiger partial charge in [-0.2, -0.15) is 0 Å². The smallest absolute Gasteiger partial charge is 0.255 e. The molecule has 2 fully saturated rings. The fourth-order valence-corrected chi connectivity index (χ4v) is 5.03. The molecule has 7 nitrogen and oxygen atoms in total. The third-order valence-electron chi connectivity index (χ3n) is 7.28. The number of aliphatic hydroxyl groups is 1. The standard InChI is InChI=1S/C29H35N3O4/c1-19-27(32-29(34)21-4-11-25(12-5-21)36-18-26-3-2-14-35-26)13-6-22-15-20(17-31-28(19)22)16-30-23-7-9-24(33)10-8-23/h4-6,11-13,15,17,23-24,26,30,33H,2-3,7-10,14,16,18H2,1H3,(H,32,34)/t23?,24?,26-/m0/s1. The van der Waals surface area contributed by atoms with Gasteiger partial charge in [0.1, 0.15) is 12.4 Å². The normalized spacial score (nSPS) is 22.0. The number of pyridine rings is 1. The highest BCUT2D eigenvalue weighted by molar-refractivity contribution is 6.06. The molecule has 3 aromatic rings. The third-order valence-corrected chi connectivity index (χ3v) is 7.28. The summed E-state index contributed by atoms with van der Waals surface area (Å²) >= 11 is 0. The second-order valence-corrected chi connectivity index (χ2v) is 9.96. The van der Waals surface area contributed by atoms with Crippen LogP contribution in [-0.4, -0.2) is 47.5 Å². The van der Waals surface area contributed by atoms with Gasteiger partial charge in [-0.1, -0.05) is 6.07 Å². The Morgan fingerprint density at radius 2 is 1.92 bits per heavy atom. The summed E-state index contributed by atoms with van der Waals surface area (Å²) in [7, 11) is 0. The molecule has 5 rings (SSSR count). The van der Waals surface area contributed by atoms with E-state index in [-0.39, 0.29) is 18.1 Å². The molecular formula is C29H35N3O4. The van der Waals surface area contributed by atoms with E-state index in [2.05, 4.69) is 16.7 Å². The van der Waals surface area contributed by atoms with Crippen LogP contribution in [0.1, 0.15) is 60.0 Å². The summed E-state index contributed by atoms with van der Waals surface area (Å²) in [6.45, 7) is 4.09. The summed E-state index contributed by atoms with van der Waals surface area (Å²) in [6, 6.07) is 13.8. The number of aryl methyl sites for hydroxylation is 1. The highest BCUT2D eigenvalue weighted by Crippen LogP contribution is 2.26. The van der Waals surface area contributed by atoms with E-state index in [0.717, 1.165) is 85.1 Å². The first-order valence-electron chi connectivity index (χ1n) is 13.0. The van der Waals surface area contributed by atoms with Crippen molar-refractivity contribution < 1.29 is 19.4 Å². The highest BCUT2D eigenvalue weighted by Gasteiger charge is 2.19. The first kappa shape index (κ1) is 24.7. The molecule has 7 heteroatoms. The van der Waals surface area contributed by atoms with E-state index in [1.165, 1.54) is 0 Å². The predicted octanol–water partition coefficient (Wildman–Crippen LogP) is 4.75. The number of fused-ring (bicyclic) bond motifs is 1. The Kier molecular flexibility index (Phi) is 7.80. The number of hydrogen-bond donors (Lipinski definition) is 3. The molecule has 0 unspecified atom stereocenters. The molecule has 1 amide bonds. The van der Waals surface area contributed by atoms with E-state index in [1.807, 2.05) is 37.4 Å². The maximum Gasteiger partial charge on any atom is 0.255 e. The molecule has 0 bridgehead atoms. The maximum absolute atomic E-state index is 12.9. The Morgan fingerprint density at radius 3 is 2.67 bits per heavy atom. The van der Waals surface area contributed by atoms with Crippen molar-refractivity contribution in [3.63, 3.8) is 0 Å². The van der Waals surface area contributed by atoms with Crippen molar-refractivity contribution in [2.45, 2.75) is 70.2 Å². The second kappa shape index (κ2) is 11.4. The molecule has 190 valence electrons. The number of nitrogens with zero attached hydrogens (tertiary/aromatic N) is 1. The number of anilines is 1. The van der Waals surface area contributed by atoms with Gasteiger partial charge in [0, 0.05) is 42.0 Å². The summed E-state index contributed by atoms with van der Waals surface area (Å²) in [5.74, 6) is 0.570. The van der Waals surface area contributed by atoms with Gasteiger partial charge in [-0.3, -0.25) is 9.78 Å². The van der Waals surface area contributed by atoms with Gasteiger partial charge in [0.2, 0.25) is 0 Å². The Morgan fingerprint density at radius 1 is 1.11 bits per heavy atom. The molecule has 1 saturated carbocycles. The van der Waals surface area contributed by atoms with Crippen LogP contribution in [0.25, 0.3) is 10.9 Å². The molecule has 1 aliphatic heterocycles. The number of amides is 1. The number of aromatic nitrogens is 1. The predicted molar refractivity (Wildman–Crippen MR) is 140 cm³/mol.